The van der Waals surface area contributed by atoms with Crippen LogP contribution in [-0.2, 0) is 4.79 Å². The van der Waals surface area contributed by atoms with E-state index in [4.69, 9.17) is 0 Å². The second-order valence-electron chi connectivity index (χ2n) is 5.84. The van der Waals surface area contributed by atoms with E-state index in [0.717, 1.165) is 38.6 Å². The van der Waals surface area contributed by atoms with Gasteiger partial charge < -0.3 is 10.0 Å². The molecule has 2 aliphatic carbocycles. The van der Waals surface area contributed by atoms with E-state index in [1.54, 1.807) is 0 Å². The van der Waals surface area contributed by atoms with Crippen molar-refractivity contribution in [3.8, 4) is 0 Å². The zero-order chi connectivity index (χ0) is 11.2. The van der Waals surface area contributed by atoms with Crippen molar-refractivity contribution in [2.75, 3.05) is 13.2 Å². The fraction of sp³-hybridized carbons (Fsp3) is 0.923. The van der Waals surface area contributed by atoms with Crippen molar-refractivity contribution >= 4 is 5.91 Å². The number of aliphatic hydroxyl groups excluding tert-OH is 1. The quantitative estimate of drug-likeness (QED) is 0.771. The van der Waals surface area contributed by atoms with Gasteiger partial charge in [-0.15, -0.1) is 0 Å². The van der Waals surface area contributed by atoms with Crippen LogP contribution >= 0.6 is 0 Å². The molecule has 0 aromatic carbocycles. The van der Waals surface area contributed by atoms with E-state index in [1.165, 1.54) is 12.8 Å². The molecule has 2 unspecified atom stereocenters. The Labute approximate surface area is 96.8 Å². The molecule has 3 fully saturated rings. The largest absolute Gasteiger partial charge is 0.396 e. The lowest BCUT2D eigenvalue weighted by atomic mass is 9.82. The summed E-state index contributed by atoms with van der Waals surface area (Å²) in [6.45, 7) is 1.16. The average Bonchev–Trinajstić information content (AvgIpc) is 2.71. The summed E-state index contributed by atoms with van der Waals surface area (Å²) in [6.07, 6.45) is 7.83. The summed E-state index contributed by atoms with van der Waals surface area (Å²) in [5, 5.41) is 9.60. The summed E-state index contributed by atoms with van der Waals surface area (Å²) in [4.78, 5) is 14.4. The van der Waals surface area contributed by atoms with Crippen LogP contribution in [0.3, 0.4) is 0 Å². The van der Waals surface area contributed by atoms with Crippen LogP contribution in [-0.4, -0.2) is 35.1 Å². The molecule has 1 heterocycles. The van der Waals surface area contributed by atoms with E-state index in [1.807, 2.05) is 0 Å². The number of fused-ring (bicyclic) bond motifs is 1. The highest BCUT2D eigenvalue weighted by Gasteiger charge is 2.52. The second-order valence-corrected chi connectivity index (χ2v) is 5.84. The first-order valence-electron chi connectivity index (χ1n) is 6.68. The Morgan fingerprint density at radius 2 is 2.06 bits per heavy atom. The maximum absolute atomic E-state index is 12.3. The number of nitrogens with zero attached hydrogens (tertiary/aromatic N) is 1. The van der Waals surface area contributed by atoms with Crippen LogP contribution < -0.4 is 0 Å². The summed E-state index contributed by atoms with van der Waals surface area (Å²) in [7, 11) is 0. The van der Waals surface area contributed by atoms with Crippen LogP contribution in [0.2, 0.25) is 0 Å². The molecule has 1 saturated heterocycles. The van der Waals surface area contributed by atoms with Crippen molar-refractivity contribution in [1.29, 1.82) is 0 Å². The van der Waals surface area contributed by atoms with Gasteiger partial charge in [-0.2, -0.15) is 0 Å². The van der Waals surface area contributed by atoms with E-state index in [2.05, 4.69) is 4.90 Å². The van der Waals surface area contributed by atoms with Gasteiger partial charge in [0.25, 0.3) is 0 Å². The first-order valence-corrected chi connectivity index (χ1v) is 6.68. The van der Waals surface area contributed by atoms with Gasteiger partial charge in [0.05, 0.1) is 6.61 Å². The smallest absolute Gasteiger partial charge is 0.225 e. The minimum Gasteiger partial charge on any atom is -0.396 e. The Bertz CT molecular complexity index is 300. The van der Waals surface area contributed by atoms with Crippen molar-refractivity contribution in [2.45, 2.75) is 51.0 Å². The molecule has 2 atom stereocenters. The van der Waals surface area contributed by atoms with Crippen LogP contribution in [0.5, 0.6) is 0 Å². The lowest BCUT2D eigenvalue weighted by Gasteiger charge is -2.35. The van der Waals surface area contributed by atoms with E-state index < -0.39 is 0 Å². The van der Waals surface area contributed by atoms with E-state index in [9.17, 15) is 9.90 Å². The van der Waals surface area contributed by atoms with Crippen molar-refractivity contribution in [3.05, 3.63) is 0 Å². The number of carbonyl (C=O) groups is 1. The molecule has 0 spiro atoms. The maximum Gasteiger partial charge on any atom is 0.225 e. The first kappa shape index (κ1) is 10.6. The number of hydrogen-bond acceptors (Lipinski definition) is 2. The van der Waals surface area contributed by atoms with Gasteiger partial charge in [0.1, 0.15) is 0 Å². The molecule has 3 aliphatic rings. The first-order chi connectivity index (χ1) is 7.77. The topological polar surface area (TPSA) is 40.5 Å². The van der Waals surface area contributed by atoms with Crippen LogP contribution in [0, 0.1) is 11.3 Å². The number of carbonyl (C=O) groups excluding carboxylic acids is 1. The molecule has 3 nitrogen and oxygen atoms in total. The molecule has 2 saturated carbocycles. The van der Waals surface area contributed by atoms with Gasteiger partial charge in [-0.05, 0) is 32.1 Å². The second kappa shape index (κ2) is 3.73. The predicted molar refractivity (Wildman–Crippen MR) is 60.8 cm³/mol. The highest BCUT2D eigenvalue weighted by atomic mass is 16.3. The molecule has 3 heteroatoms. The Morgan fingerprint density at radius 1 is 1.25 bits per heavy atom. The molecule has 0 radical (unpaired) electrons. The highest BCUT2D eigenvalue weighted by Crippen LogP contribution is 2.49. The third-order valence-corrected chi connectivity index (χ3v) is 5.14. The molecular weight excluding hydrogens is 202 g/mol. The van der Waals surface area contributed by atoms with Gasteiger partial charge in [0.2, 0.25) is 5.91 Å². The molecule has 1 N–H and O–H groups in total. The predicted octanol–water partition coefficient (Wildman–Crippen LogP) is 1.55. The summed E-state index contributed by atoms with van der Waals surface area (Å²) in [6, 6.07) is 0.352. The third kappa shape index (κ3) is 1.33. The molecule has 90 valence electrons. The molecule has 0 aromatic rings. The highest BCUT2D eigenvalue weighted by molar-refractivity contribution is 5.80. The normalized spacial score (nSPS) is 38.6. The monoisotopic (exact) mass is 223 g/mol. The molecule has 0 bridgehead atoms. The number of hydrogen-bond donors (Lipinski definition) is 1. The van der Waals surface area contributed by atoms with Gasteiger partial charge >= 0.3 is 0 Å². The van der Waals surface area contributed by atoms with Crippen molar-refractivity contribution < 1.29 is 9.90 Å². The standard InChI is InChI=1S/C13H21NO2/c15-9-13-6-2-5-11(13)14(8-7-13)12(16)10-3-1-4-10/h10-11,15H,1-9H2. The fourth-order valence-corrected chi connectivity index (χ4v) is 3.81. The van der Waals surface area contributed by atoms with Gasteiger partial charge in [0.15, 0.2) is 0 Å². The third-order valence-electron chi connectivity index (χ3n) is 5.14. The molecule has 3 rings (SSSR count). The van der Waals surface area contributed by atoms with E-state index >= 15 is 0 Å². The van der Waals surface area contributed by atoms with Crippen LogP contribution in [0.4, 0.5) is 0 Å². The van der Waals surface area contributed by atoms with Gasteiger partial charge in [-0.25, -0.2) is 0 Å². The molecule has 1 aliphatic heterocycles. The van der Waals surface area contributed by atoms with Crippen molar-refractivity contribution in [1.82, 2.24) is 4.90 Å². The van der Waals surface area contributed by atoms with Crippen LogP contribution in [0.25, 0.3) is 0 Å². The summed E-state index contributed by atoms with van der Waals surface area (Å²) < 4.78 is 0. The summed E-state index contributed by atoms with van der Waals surface area (Å²) in [5.74, 6) is 0.698. The number of rotatable bonds is 2. The maximum atomic E-state index is 12.3. The van der Waals surface area contributed by atoms with Gasteiger partial charge in [-0.3, -0.25) is 4.79 Å². The fourth-order valence-electron chi connectivity index (χ4n) is 3.81. The Morgan fingerprint density at radius 3 is 2.69 bits per heavy atom. The summed E-state index contributed by atoms with van der Waals surface area (Å²) >= 11 is 0. The Kier molecular flexibility index (Phi) is 2.46. The number of likely N-dealkylation sites (tertiary alicyclic amines) is 1. The van der Waals surface area contributed by atoms with Crippen molar-refractivity contribution in [2.24, 2.45) is 11.3 Å². The molecule has 0 aromatic heterocycles. The minimum absolute atomic E-state index is 0.0689. The zero-order valence-corrected chi connectivity index (χ0v) is 9.82. The van der Waals surface area contributed by atoms with Crippen LogP contribution in [0.1, 0.15) is 44.9 Å². The van der Waals surface area contributed by atoms with Crippen molar-refractivity contribution in [3.63, 3.8) is 0 Å². The lowest BCUT2D eigenvalue weighted by molar-refractivity contribution is -0.139. The number of amides is 1. The Hall–Kier alpha value is -0.570. The van der Waals surface area contributed by atoms with Gasteiger partial charge in [0, 0.05) is 23.9 Å². The van der Waals surface area contributed by atoms with Gasteiger partial charge in [-0.1, -0.05) is 12.8 Å². The van der Waals surface area contributed by atoms with Crippen LogP contribution in [0.15, 0.2) is 0 Å². The van der Waals surface area contributed by atoms with E-state index in [-0.39, 0.29) is 12.0 Å². The molecular formula is C13H21NO2. The Balaban J connectivity index is 1.75. The average molecular weight is 223 g/mol. The zero-order valence-electron chi connectivity index (χ0n) is 9.82. The summed E-state index contributed by atoms with van der Waals surface area (Å²) in [5.41, 5.74) is 0.0689. The molecule has 1 amide bonds. The lowest BCUT2D eigenvalue weighted by Crippen LogP contribution is -2.45. The van der Waals surface area contributed by atoms with E-state index in [0.29, 0.717) is 17.9 Å². The molecule has 16 heavy (non-hydrogen) atoms. The number of aliphatic hydroxyl groups is 1. The SMILES string of the molecule is O=C(C1CCC1)N1CCC2(CO)CCCC12. The minimum atomic E-state index is 0.0689.